The van der Waals surface area contributed by atoms with Gasteiger partial charge in [0.1, 0.15) is 11.6 Å². The third-order valence-electron chi connectivity index (χ3n) is 3.15. The average molecular weight is 270 g/mol. The lowest BCUT2D eigenvalue weighted by molar-refractivity contribution is 0.118. The van der Waals surface area contributed by atoms with E-state index in [0.717, 1.165) is 18.2 Å². The summed E-state index contributed by atoms with van der Waals surface area (Å²) in [5.74, 6) is -1.48. The van der Waals surface area contributed by atoms with Crippen molar-refractivity contribution < 1.29 is 18.7 Å². The molecule has 104 valence electrons. The fourth-order valence-electron chi connectivity index (χ4n) is 2.20. The van der Waals surface area contributed by atoms with Crippen LogP contribution >= 0.6 is 0 Å². The lowest BCUT2D eigenvalue weighted by Gasteiger charge is -2.26. The van der Waals surface area contributed by atoms with E-state index in [9.17, 15) is 18.7 Å². The first kappa shape index (κ1) is 13.7. The largest absolute Gasteiger partial charge is 0.393 e. The van der Waals surface area contributed by atoms with Gasteiger partial charge in [0, 0.05) is 17.8 Å². The monoisotopic (exact) mass is 270 g/mol. The fraction of sp³-hybridized carbons (Fsp3) is 0.462. The summed E-state index contributed by atoms with van der Waals surface area (Å²) in [4.78, 5) is 11.7. The summed E-state index contributed by atoms with van der Waals surface area (Å²) in [5, 5.41) is 14.5. The van der Waals surface area contributed by atoms with Crippen molar-refractivity contribution in [3.05, 3.63) is 29.8 Å². The molecule has 0 aromatic heterocycles. The lowest BCUT2D eigenvalue weighted by atomic mass is 9.93. The van der Waals surface area contributed by atoms with Crippen molar-refractivity contribution >= 4 is 11.7 Å². The van der Waals surface area contributed by atoms with Gasteiger partial charge in [-0.15, -0.1) is 0 Å². The third-order valence-corrected chi connectivity index (χ3v) is 3.15. The highest BCUT2D eigenvalue weighted by Crippen LogP contribution is 2.18. The van der Waals surface area contributed by atoms with Gasteiger partial charge in [-0.1, -0.05) is 0 Å². The van der Waals surface area contributed by atoms with Crippen LogP contribution in [-0.2, 0) is 0 Å². The van der Waals surface area contributed by atoms with E-state index in [2.05, 4.69) is 10.6 Å². The van der Waals surface area contributed by atoms with Gasteiger partial charge in [-0.25, -0.2) is 13.6 Å². The third kappa shape index (κ3) is 4.17. The van der Waals surface area contributed by atoms with Crippen LogP contribution in [0.1, 0.15) is 25.7 Å². The van der Waals surface area contributed by atoms with Crippen LogP contribution in [-0.4, -0.2) is 23.3 Å². The molecule has 1 fully saturated rings. The molecular weight excluding hydrogens is 254 g/mol. The van der Waals surface area contributed by atoms with Crippen LogP contribution in [0.25, 0.3) is 0 Å². The zero-order valence-electron chi connectivity index (χ0n) is 10.3. The normalized spacial score (nSPS) is 22.9. The number of rotatable bonds is 2. The first-order valence-corrected chi connectivity index (χ1v) is 6.24. The van der Waals surface area contributed by atoms with Crippen LogP contribution in [0.5, 0.6) is 0 Å². The Morgan fingerprint density at radius 1 is 1.11 bits per heavy atom. The van der Waals surface area contributed by atoms with Crippen LogP contribution in [0.3, 0.4) is 0 Å². The maximum absolute atomic E-state index is 12.9. The quantitative estimate of drug-likeness (QED) is 0.772. The zero-order chi connectivity index (χ0) is 13.8. The van der Waals surface area contributed by atoms with E-state index in [-0.39, 0.29) is 17.8 Å². The minimum Gasteiger partial charge on any atom is -0.393 e. The molecule has 1 aromatic rings. The number of aliphatic hydroxyl groups excluding tert-OH is 1. The highest BCUT2D eigenvalue weighted by molar-refractivity contribution is 5.89. The van der Waals surface area contributed by atoms with E-state index in [4.69, 9.17) is 0 Å². The van der Waals surface area contributed by atoms with Crippen molar-refractivity contribution in [1.29, 1.82) is 0 Å². The Kier molecular flexibility index (Phi) is 4.31. The second-order valence-electron chi connectivity index (χ2n) is 4.76. The van der Waals surface area contributed by atoms with Gasteiger partial charge in [0.25, 0.3) is 0 Å². The van der Waals surface area contributed by atoms with Gasteiger partial charge in [0.15, 0.2) is 0 Å². The number of anilines is 1. The summed E-state index contributed by atoms with van der Waals surface area (Å²) in [6, 6.07) is 2.33. The molecule has 2 amide bonds. The summed E-state index contributed by atoms with van der Waals surface area (Å²) in [6.07, 6.45) is 2.41. The summed E-state index contributed by atoms with van der Waals surface area (Å²) >= 11 is 0. The number of carbonyl (C=O) groups excluding carboxylic acids is 1. The van der Waals surface area contributed by atoms with Gasteiger partial charge in [-0.3, -0.25) is 0 Å². The predicted molar refractivity (Wildman–Crippen MR) is 66.8 cm³/mol. The van der Waals surface area contributed by atoms with E-state index in [1.165, 1.54) is 0 Å². The van der Waals surface area contributed by atoms with E-state index >= 15 is 0 Å². The number of hydrogen-bond donors (Lipinski definition) is 3. The molecule has 3 N–H and O–H groups in total. The minimum absolute atomic E-state index is 0.0122. The Morgan fingerprint density at radius 2 is 1.68 bits per heavy atom. The van der Waals surface area contributed by atoms with Gasteiger partial charge < -0.3 is 15.7 Å². The maximum atomic E-state index is 12.9. The molecule has 0 heterocycles. The molecule has 0 atom stereocenters. The van der Waals surface area contributed by atoms with Crippen molar-refractivity contribution in [3.8, 4) is 0 Å². The molecule has 1 aromatic carbocycles. The SMILES string of the molecule is O=C(Nc1cc(F)cc(F)c1)NC1CCC(O)CC1. The van der Waals surface area contributed by atoms with E-state index in [0.29, 0.717) is 25.7 Å². The molecule has 1 aliphatic rings. The first-order valence-electron chi connectivity index (χ1n) is 6.24. The van der Waals surface area contributed by atoms with Crippen molar-refractivity contribution in [1.82, 2.24) is 5.32 Å². The van der Waals surface area contributed by atoms with Gasteiger partial charge >= 0.3 is 6.03 Å². The molecule has 0 spiro atoms. The Bertz CT molecular complexity index is 440. The molecule has 0 bridgehead atoms. The summed E-state index contributed by atoms with van der Waals surface area (Å²) in [5.41, 5.74) is 0.0749. The molecule has 4 nitrogen and oxygen atoms in total. The van der Waals surface area contributed by atoms with Crippen LogP contribution < -0.4 is 10.6 Å². The van der Waals surface area contributed by atoms with Gasteiger partial charge in [0.2, 0.25) is 0 Å². The van der Waals surface area contributed by atoms with Crippen LogP contribution in [0, 0.1) is 11.6 Å². The number of urea groups is 1. The molecule has 0 unspecified atom stereocenters. The minimum atomic E-state index is -0.740. The first-order chi connectivity index (χ1) is 9.02. The lowest BCUT2D eigenvalue weighted by Crippen LogP contribution is -2.40. The predicted octanol–water partition coefficient (Wildman–Crippen LogP) is 2.39. The van der Waals surface area contributed by atoms with Gasteiger partial charge in [0.05, 0.1) is 6.10 Å². The van der Waals surface area contributed by atoms with E-state index < -0.39 is 17.7 Å². The Balaban J connectivity index is 1.87. The molecule has 6 heteroatoms. The molecule has 0 saturated heterocycles. The number of aliphatic hydroxyl groups is 1. The summed E-state index contributed by atoms with van der Waals surface area (Å²) in [6.45, 7) is 0. The Morgan fingerprint density at radius 3 is 2.26 bits per heavy atom. The number of hydrogen-bond acceptors (Lipinski definition) is 2. The highest BCUT2D eigenvalue weighted by Gasteiger charge is 2.20. The molecule has 1 aliphatic carbocycles. The van der Waals surface area contributed by atoms with Crippen molar-refractivity contribution in [2.24, 2.45) is 0 Å². The zero-order valence-corrected chi connectivity index (χ0v) is 10.3. The van der Waals surface area contributed by atoms with E-state index in [1.807, 2.05) is 0 Å². The molecular formula is C13H16F2N2O2. The molecule has 2 rings (SSSR count). The number of benzene rings is 1. The topological polar surface area (TPSA) is 61.4 Å². The van der Waals surface area contributed by atoms with Gasteiger partial charge in [-0.05, 0) is 37.8 Å². The standard InChI is InChI=1S/C13H16F2N2O2/c14-8-5-9(15)7-11(6-8)17-13(19)16-10-1-3-12(18)4-2-10/h5-7,10,12,18H,1-4H2,(H2,16,17,19). The van der Waals surface area contributed by atoms with Gasteiger partial charge in [-0.2, -0.15) is 0 Å². The molecule has 0 radical (unpaired) electrons. The number of amides is 2. The second kappa shape index (κ2) is 5.97. The maximum Gasteiger partial charge on any atom is 0.319 e. The number of halogens is 2. The Labute approximate surface area is 109 Å². The van der Waals surface area contributed by atoms with E-state index in [1.54, 1.807) is 0 Å². The number of nitrogens with one attached hydrogen (secondary N) is 2. The average Bonchev–Trinajstić information content (AvgIpc) is 2.30. The molecule has 19 heavy (non-hydrogen) atoms. The fourth-order valence-corrected chi connectivity index (χ4v) is 2.20. The smallest absolute Gasteiger partial charge is 0.319 e. The van der Waals surface area contributed by atoms with Crippen molar-refractivity contribution in [2.75, 3.05) is 5.32 Å². The molecule has 1 saturated carbocycles. The van der Waals surface area contributed by atoms with Crippen LogP contribution in [0.2, 0.25) is 0 Å². The number of carbonyl (C=O) groups is 1. The van der Waals surface area contributed by atoms with Crippen LogP contribution in [0.4, 0.5) is 19.3 Å². The Hall–Kier alpha value is -1.69. The van der Waals surface area contributed by atoms with Crippen molar-refractivity contribution in [3.63, 3.8) is 0 Å². The molecule has 0 aliphatic heterocycles. The summed E-state index contributed by atoms with van der Waals surface area (Å²) < 4.78 is 25.9. The highest BCUT2D eigenvalue weighted by atomic mass is 19.1. The second-order valence-corrected chi connectivity index (χ2v) is 4.76. The van der Waals surface area contributed by atoms with Crippen LogP contribution in [0.15, 0.2) is 18.2 Å². The summed E-state index contributed by atoms with van der Waals surface area (Å²) in [7, 11) is 0. The van der Waals surface area contributed by atoms with Crippen molar-refractivity contribution in [2.45, 2.75) is 37.8 Å².